The summed E-state index contributed by atoms with van der Waals surface area (Å²) in [5.74, 6) is 0.275. The van der Waals surface area contributed by atoms with Crippen LogP contribution in [0.5, 0.6) is 0 Å². The van der Waals surface area contributed by atoms with Crippen molar-refractivity contribution in [3.63, 3.8) is 0 Å². The Morgan fingerprint density at radius 2 is 1.95 bits per heavy atom. The molecule has 0 saturated carbocycles. The minimum absolute atomic E-state index is 0.195. The Morgan fingerprint density at radius 1 is 1.14 bits per heavy atom. The highest BCUT2D eigenvalue weighted by Gasteiger charge is 2.11. The van der Waals surface area contributed by atoms with Crippen molar-refractivity contribution in [3.05, 3.63) is 71.3 Å². The van der Waals surface area contributed by atoms with Crippen molar-refractivity contribution < 1.29 is 9.50 Å². The normalized spacial score (nSPS) is 12.5. The lowest BCUT2D eigenvalue weighted by molar-refractivity contribution is 0.158. The first-order valence-electron chi connectivity index (χ1n) is 7.16. The third-order valence-electron chi connectivity index (χ3n) is 3.58. The molecule has 0 amide bonds. The second-order valence-electron chi connectivity index (χ2n) is 5.20. The highest BCUT2D eigenvalue weighted by molar-refractivity contribution is 5.25. The van der Waals surface area contributed by atoms with E-state index in [9.17, 15) is 9.50 Å². The number of aliphatic hydroxyl groups is 1. The molecule has 0 aliphatic rings. The quantitative estimate of drug-likeness (QED) is 0.654. The van der Waals surface area contributed by atoms with E-state index in [0.29, 0.717) is 30.7 Å². The Balaban J connectivity index is 1.58. The molecule has 5 nitrogen and oxygen atoms in total. The fourth-order valence-electron chi connectivity index (χ4n) is 2.39. The minimum atomic E-state index is -0.666. The molecule has 0 aliphatic carbocycles. The first-order chi connectivity index (χ1) is 10.7. The van der Waals surface area contributed by atoms with Gasteiger partial charge in [0.1, 0.15) is 18.2 Å². The number of aromatic amines is 2. The lowest BCUT2D eigenvalue weighted by atomic mass is 10.1. The number of nitrogens with zero attached hydrogens (tertiary/aromatic N) is 2. The second-order valence-corrected chi connectivity index (χ2v) is 5.20. The van der Waals surface area contributed by atoms with Crippen molar-refractivity contribution in [2.75, 3.05) is 0 Å². The Hall–Kier alpha value is -2.47. The molecule has 2 heterocycles. The average molecular weight is 300 g/mol. The van der Waals surface area contributed by atoms with Crippen LogP contribution in [0, 0.1) is 5.82 Å². The Labute approximate surface area is 127 Å². The van der Waals surface area contributed by atoms with E-state index in [1.54, 1.807) is 12.1 Å². The summed E-state index contributed by atoms with van der Waals surface area (Å²) in [7, 11) is 0. The van der Waals surface area contributed by atoms with Crippen LogP contribution in [0.4, 0.5) is 4.39 Å². The van der Waals surface area contributed by atoms with Gasteiger partial charge in [-0.2, -0.15) is 5.10 Å². The average Bonchev–Trinajstić information content (AvgIpc) is 3.19. The zero-order valence-corrected chi connectivity index (χ0v) is 12.0. The van der Waals surface area contributed by atoms with Crippen LogP contribution in [0.2, 0.25) is 0 Å². The maximum atomic E-state index is 13.6. The molecule has 22 heavy (non-hydrogen) atoms. The number of hydrogen-bond donors (Lipinski definition) is 3. The molecule has 1 unspecified atom stereocenters. The van der Waals surface area contributed by atoms with Gasteiger partial charge in [-0.3, -0.25) is 5.10 Å². The van der Waals surface area contributed by atoms with Crippen LogP contribution in [-0.2, 0) is 12.8 Å². The molecule has 0 radical (unpaired) electrons. The summed E-state index contributed by atoms with van der Waals surface area (Å²) in [6.07, 6.45) is 2.45. The molecule has 1 aromatic carbocycles. The minimum Gasteiger partial charge on any atom is -0.385 e. The van der Waals surface area contributed by atoms with Crippen LogP contribution in [0.1, 0.15) is 35.3 Å². The van der Waals surface area contributed by atoms with Crippen LogP contribution >= 0.6 is 0 Å². The molecule has 0 fully saturated rings. The summed E-state index contributed by atoms with van der Waals surface area (Å²) in [5.41, 5.74) is 2.62. The van der Waals surface area contributed by atoms with Gasteiger partial charge in [-0.15, -0.1) is 0 Å². The number of aryl methyl sites for hydroxylation is 1. The SMILES string of the molecule is OC(CCc1ccc(Cc2ccccc2F)[nH]1)c1ncn[nH]1. The Bertz CT molecular complexity index is 723. The molecule has 0 bridgehead atoms. The van der Waals surface area contributed by atoms with E-state index in [1.165, 1.54) is 12.4 Å². The molecule has 3 aromatic rings. The van der Waals surface area contributed by atoms with Gasteiger partial charge >= 0.3 is 0 Å². The van der Waals surface area contributed by atoms with Crippen LogP contribution in [0.25, 0.3) is 0 Å². The molecule has 0 saturated heterocycles. The predicted octanol–water partition coefficient (Wildman–Crippen LogP) is 2.53. The van der Waals surface area contributed by atoms with E-state index >= 15 is 0 Å². The van der Waals surface area contributed by atoms with Gasteiger partial charge in [0.05, 0.1) is 0 Å². The third kappa shape index (κ3) is 3.40. The van der Waals surface area contributed by atoms with Crippen LogP contribution < -0.4 is 0 Å². The van der Waals surface area contributed by atoms with Crippen LogP contribution in [0.15, 0.2) is 42.7 Å². The fourth-order valence-corrected chi connectivity index (χ4v) is 2.39. The Morgan fingerprint density at radius 3 is 2.73 bits per heavy atom. The van der Waals surface area contributed by atoms with Crippen molar-refractivity contribution in [1.82, 2.24) is 20.2 Å². The number of nitrogens with one attached hydrogen (secondary N) is 2. The first kappa shape index (κ1) is 14.5. The van der Waals surface area contributed by atoms with Crippen molar-refractivity contribution in [3.8, 4) is 0 Å². The molecule has 0 aliphatic heterocycles. The summed E-state index contributed by atoms with van der Waals surface area (Å²) in [5, 5.41) is 16.3. The zero-order valence-electron chi connectivity index (χ0n) is 12.0. The summed E-state index contributed by atoms with van der Waals surface area (Å²) in [4.78, 5) is 7.20. The van der Waals surface area contributed by atoms with Crippen molar-refractivity contribution >= 4 is 0 Å². The Kier molecular flexibility index (Phi) is 4.29. The van der Waals surface area contributed by atoms with E-state index in [0.717, 1.165) is 11.4 Å². The van der Waals surface area contributed by atoms with Gasteiger partial charge in [0.25, 0.3) is 0 Å². The number of aliphatic hydroxyl groups excluding tert-OH is 1. The van der Waals surface area contributed by atoms with Gasteiger partial charge in [0.15, 0.2) is 5.82 Å². The molecule has 2 aromatic heterocycles. The fraction of sp³-hybridized carbons (Fsp3) is 0.250. The predicted molar refractivity (Wildman–Crippen MR) is 79.7 cm³/mol. The van der Waals surface area contributed by atoms with Crippen molar-refractivity contribution in [1.29, 1.82) is 0 Å². The summed E-state index contributed by atoms with van der Waals surface area (Å²) in [6, 6.07) is 10.7. The number of aromatic nitrogens is 4. The van der Waals surface area contributed by atoms with E-state index < -0.39 is 6.10 Å². The standard InChI is InChI=1S/C16H17FN4O/c17-14-4-2-1-3-11(14)9-13-6-5-12(20-13)7-8-15(22)16-18-10-19-21-16/h1-6,10,15,20,22H,7-9H2,(H,18,19,21). The number of benzene rings is 1. The van der Waals surface area contributed by atoms with Gasteiger partial charge in [0.2, 0.25) is 0 Å². The van der Waals surface area contributed by atoms with E-state index in [-0.39, 0.29) is 5.82 Å². The molecule has 3 N–H and O–H groups in total. The third-order valence-corrected chi connectivity index (χ3v) is 3.58. The molecule has 0 spiro atoms. The number of H-pyrrole nitrogens is 2. The summed E-state index contributed by atoms with van der Waals surface area (Å²) in [6.45, 7) is 0. The number of rotatable bonds is 6. The van der Waals surface area contributed by atoms with E-state index in [2.05, 4.69) is 20.2 Å². The van der Waals surface area contributed by atoms with Gasteiger partial charge in [0, 0.05) is 17.8 Å². The lowest BCUT2D eigenvalue weighted by Crippen LogP contribution is -2.02. The molecular formula is C16H17FN4O. The molecule has 1 atom stereocenters. The molecular weight excluding hydrogens is 283 g/mol. The van der Waals surface area contributed by atoms with Gasteiger partial charge in [-0.05, 0) is 36.6 Å². The highest BCUT2D eigenvalue weighted by Crippen LogP contribution is 2.17. The maximum Gasteiger partial charge on any atom is 0.153 e. The second kappa shape index (κ2) is 6.53. The van der Waals surface area contributed by atoms with Crippen molar-refractivity contribution in [2.24, 2.45) is 0 Å². The first-order valence-corrected chi connectivity index (χ1v) is 7.16. The topological polar surface area (TPSA) is 77.6 Å². The number of hydrogen-bond acceptors (Lipinski definition) is 3. The maximum absolute atomic E-state index is 13.6. The van der Waals surface area contributed by atoms with Crippen molar-refractivity contribution in [2.45, 2.75) is 25.4 Å². The number of halogens is 1. The molecule has 3 rings (SSSR count). The highest BCUT2D eigenvalue weighted by atomic mass is 19.1. The largest absolute Gasteiger partial charge is 0.385 e. The zero-order chi connectivity index (χ0) is 15.4. The monoisotopic (exact) mass is 300 g/mol. The van der Waals surface area contributed by atoms with E-state index in [4.69, 9.17) is 0 Å². The lowest BCUT2D eigenvalue weighted by Gasteiger charge is -2.06. The molecule has 114 valence electrons. The van der Waals surface area contributed by atoms with Gasteiger partial charge in [-0.1, -0.05) is 18.2 Å². The molecule has 6 heteroatoms. The van der Waals surface area contributed by atoms with Crippen LogP contribution in [-0.4, -0.2) is 25.3 Å². The summed E-state index contributed by atoms with van der Waals surface area (Å²) >= 11 is 0. The summed E-state index contributed by atoms with van der Waals surface area (Å²) < 4.78 is 13.6. The van der Waals surface area contributed by atoms with Crippen LogP contribution in [0.3, 0.4) is 0 Å². The van der Waals surface area contributed by atoms with Gasteiger partial charge in [-0.25, -0.2) is 9.37 Å². The van der Waals surface area contributed by atoms with E-state index in [1.807, 2.05) is 18.2 Å². The van der Waals surface area contributed by atoms with Gasteiger partial charge < -0.3 is 10.1 Å². The smallest absolute Gasteiger partial charge is 0.153 e.